The lowest BCUT2D eigenvalue weighted by molar-refractivity contribution is -0.138. The minimum atomic E-state index is 0.0643. The number of nitrogens with zero attached hydrogens (tertiary/aromatic N) is 1. The second-order valence-electron chi connectivity index (χ2n) is 11.6. The Balaban J connectivity index is 1.47. The summed E-state index contributed by atoms with van der Waals surface area (Å²) in [7, 11) is 1.98. The monoisotopic (exact) mass is 419 g/mol. The van der Waals surface area contributed by atoms with E-state index in [1.54, 1.807) is 0 Å². The highest BCUT2D eigenvalue weighted by Gasteiger charge is 2.63. The van der Waals surface area contributed by atoms with Gasteiger partial charge in [0.15, 0.2) is 5.78 Å². The fourth-order valence-corrected chi connectivity index (χ4v) is 8.64. The molecule has 0 aromatic heterocycles. The van der Waals surface area contributed by atoms with Crippen LogP contribution in [0, 0.1) is 47.3 Å². The van der Waals surface area contributed by atoms with Gasteiger partial charge in [-0.3, -0.25) is 9.59 Å². The van der Waals surface area contributed by atoms with Crippen LogP contribution in [0.5, 0.6) is 0 Å². The minimum Gasteiger partial charge on any atom is -0.338 e. The summed E-state index contributed by atoms with van der Waals surface area (Å²) in [6.45, 7) is 9.21. The number of aryl methyl sites for hydroxylation is 1. The SMILES string of the molecule is Cc1cccc(C(=O)C2C(C)C[C@H]3[C@@H]4CCC5N(C)C(=O)C=C[C@]5(C)[C@@H]4CC[C@]23C)c1. The lowest BCUT2D eigenvalue weighted by Gasteiger charge is -2.60. The highest BCUT2D eigenvalue weighted by molar-refractivity contribution is 5.99. The van der Waals surface area contributed by atoms with Crippen molar-refractivity contribution < 1.29 is 9.59 Å². The Hall–Kier alpha value is -1.90. The predicted molar refractivity (Wildman–Crippen MR) is 124 cm³/mol. The number of rotatable bonds is 2. The van der Waals surface area contributed by atoms with Gasteiger partial charge in [0.2, 0.25) is 5.91 Å². The average molecular weight is 420 g/mol. The van der Waals surface area contributed by atoms with Gasteiger partial charge in [0.25, 0.3) is 0 Å². The summed E-state index contributed by atoms with van der Waals surface area (Å²) < 4.78 is 0. The number of Topliss-reactive ketones (excluding diaryl/α,β-unsaturated/α-hetero) is 1. The van der Waals surface area contributed by atoms with Gasteiger partial charge in [-0.25, -0.2) is 0 Å². The van der Waals surface area contributed by atoms with Crippen molar-refractivity contribution in [1.82, 2.24) is 4.90 Å². The molecule has 3 saturated carbocycles. The third kappa shape index (κ3) is 2.91. The number of ketones is 1. The first-order valence-corrected chi connectivity index (χ1v) is 12.2. The van der Waals surface area contributed by atoms with Gasteiger partial charge in [0.1, 0.15) is 0 Å². The largest absolute Gasteiger partial charge is 0.338 e. The summed E-state index contributed by atoms with van der Waals surface area (Å²) in [5.41, 5.74) is 2.21. The Morgan fingerprint density at radius 2 is 1.90 bits per heavy atom. The Morgan fingerprint density at radius 1 is 1.13 bits per heavy atom. The van der Waals surface area contributed by atoms with Gasteiger partial charge >= 0.3 is 0 Å². The highest BCUT2D eigenvalue weighted by atomic mass is 16.2. The summed E-state index contributed by atoms with van der Waals surface area (Å²) in [5.74, 6) is 2.94. The number of carbonyl (C=O) groups is 2. The topological polar surface area (TPSA) is 37.4 Å². The number of hydrogen-bond acceptors (Lipinski definition) is 2. The fraction of sp³-hybridized carbons (Fsp3) is 0.643. The first-order valence-electron chi connectivity index (χ1n) is 12.2. The molecule has 0 spiro atoms. The van der Waals surface area contributed by atoms with Gasteiger partial charge in [-0.15, -0.1) is 0 Å². The molecular weight excluding hydrogens is 382 g/mol. The molecule has 0 N–H and O–H groups in total. The number of likely N-dealkylation sites (N-methyl/N-ethyl adjacent to an activating group) is 1. The first-order chi connectivity index (χ1) is 14.7. The van der Waals surface area contributed by atoms with E-state index < -0.39 is 0 Å². The normalized spacial score (nSPS) is 43.9. The Morgan fingerprint density at radius 3 is 2.65 bits per heavy atom. The second-order valence-corrected chi connectivity index (χ2v) is 11.6. The highest BCUT2D eigenvalue weighted by Crippen LogP contribution is 2.67. The van der Waals surface area contributed by atoms with E-state index in [0.717, 1.165) is 24.0 Å². The molecule has 166 valence electrons. The Bertz CT molecular complexity index is 950. The minimum absolute atomic E-state index is 0.0643. The van der Waals surface area contributed by atoms with Crippen LogP contribution in [0.3, 0.4) is 0 Å². The van der Waals surface area contributed by atoms with Crippen LogP contribution in [-0.2, 0) is 4.79 Å². The van der Waals surface area contributed by atoms with E-state index in [1.165, 1.54) is 19.3 Å². The molecular formula is C28H37NO2. The second kappa shape index (κ2) is 7.05. The van der Waals surface area contributed by atoms with Crippen LogP contribution in [0.1, 0.15) is 68.8 Å². The van der Waals surface area contributed by atoms with E-state index in [9.17, 15) is 9.59 Å². The van der Waals surface area contributed by atoms with Crippen molar-refractivity contribution >= 4 is 11.7 Å². The van der Waals surface area contributed by atoms with Crippen LogP contribution >= 0.6 is 0 Å². The zero-order chi connectivity index (χ0) is 22.1. The van der Waals surface area contributed by atoms with Crippen molar-refractivity contribution in [3.05, 3.63) is 47.5 Å². The molecule has 3 unspecified atom stereocenters. The molecule has 1 aromatic rings. The van der Waals surface area contributed by atoms with Crippen molar-refractivity contribution in [1.29, 1.82) is 0 Å². The molecule has 5 rings (SSSR count). The van der Waals surface area contributed by atoms with Gasteiger partial charge < -0.3 is 4.90 Å². The van der Waals surface area contributed by atoms with Crippen LogP contribution in [0.25, 0.3) is 0 Å². The standard InChI is InChI=1S/C28H37NO2/c1-17-7-6-8-19(15-17)26(31)25-18(2)16-22-20-9-10-23-27(3,14-12-24(30)29(23)5)21(20)11-13-28(22,25)4/h6-8,12,14-15,18,20-23,25H,9-11,13,16H2,1-5H3/t18?,20-,21-,22+,23?,25?,27-,28+/m1/s1. The van der Waals surface area contributed by atoms with Crippen molar-refractivity contribution in [3.8, 4) is 0 Å². The average Bonchev–Trinajstić information content (AvgIpc) is 3.00. The first kappa shape index (κ1) is 21.0. The maximum atomic E-state index is 13.7. The molecule has 1 aliphatic heterocycles. The third-order valence-corrected chi connectivity index (χ3v) is 10.1. The van der Waals surface area contributed by atoms with Gasteiger partial charge in [-0.1, -0.05) is 50.6 Å². The molecule has 4 aliphatic rings. The van der Waals surface area contributed by atoms with E-state index >= 15 is 0 Å². The van der Waals surface area contributed by atoms with Crippen LogP contribution in [0.4, 0.5) is 0 Å². The Labute approximate surface area is 187 Å². The van der Waals surface area contributed by atoms with Gasteiger partial charge in [0.05, 0.1) is 0 Å². The molecule has 3 heteroatoms. The number of hydrogen-bond donors (Lipinski definition) is 0. The summed E-state index contributed by atoms with van der Waals surface area (Å²) in [6.07, 6.45) is 9.79. The molecule has 1 amide bonds. The van der Waals surface area contributed by atoms with E-state index in [0.29, 0.717) is 35.5 Å². The lowest BCUT2D eigenvalue weighted by Crippen LogP contribution is -2.59. The molecule has 1 aromatic carbocycles. The zero-order valence-corrected chi connectivity index (χ0v) is 19.7. The maximum Gasteiger partial charge on any atom is 0.246 e. The third-order valence-electron chi connectivity index (χ3n) is 10.1. The number of amides is 1. The van der Waals surface area contributed by atoms with Crippen LogP contribution < -0.4 is 0 Å². The van der Waals surface area contributed by atoms with E-state index in [2.05, 4.69) is 45.9 Å². The Kier molecular flexibility index (Phi) is 4.77. The molecule has 1 heterocycles. The summed E-state index contributed by atoms with van der Waals surface area (Å²) in [5, 5.41) is 0. The van der Waals surface area contributed by atoms with Crippen molar-refractivity contribution in [3.63, 3.8) is 0 Å². The lowest BCUT2D eigenvalue weighted by atomic mass is 9.47. The summed E-state index contributed by atoms with van der Waals surface area (Å²) >= 11 is 0. The van der Waals surface area contributed by atoms with E-state index in [1.807, 2.05) is 30.2 Å². The van der Waals surface area contributed by atoms with E-state index in [-0.39, 0.29) is 22.7 Å². The molecule has 3 nitrogen and oxygen atoms in total. The maximum absolute atomic E-state index is 13.7. The quantitative estimate of drug-likeness (QED) is 0.578. The number of carbonyl (C=O) groups excluding carboxylic acids is 2. The van der Waals surface area contributed by atoms with Gasteiger partial charge in [0, 0.05) is 30.0 Å². The molecule has 0 radical (unpaired) electrons. The zero-order valence-electron chi connectivity index (χ0n) is 19.7. The molecule has 0 bridgehead atoms. The smallest absolute Gasteiger partial charge is 0.246 e. The fourth-order valence-electron chi connectivity index (χ4n) is 8.64. The molecule has 3 fully saturated rings. The molecule has 8 atom stereocenters. The van der Waals surface area contributed by atoms with Crippen molar-refractivity contribution in [2.75, 3.05) is 7.05 Å². The number of fused-ring (bicyclic) bond motifs is 5. The summed E-state index contributed by atoms with van der Waals surface area (Å²) in [6, 6.07) is 8.50. The van der Waals surface area contributed by atoms with E-state index in [4.69, 9.17) is 0 Å². The van der Waals surface area contributed by atoms with Gasteiger partial charge in [-0.2, -0.15) is 0 Å². The van der Waals surface area contributed by atoms with Crippen molar-refractivity contribution in [2.24, 2.45) is 40.4 Å². The van der Waals surface area contributed by atoms with Gasteiger partial charge in [-0.05, 0) is 80.3 Å². The van der Waals surface area contributed by atoms with Crippen molar-refractivity contribution in [2.45, 2.75) is 65.8 Å². The van der Waals surface area contributed by atoms with Crippen LogP contribution in [-0.4, -0.2) is 29.7 Å². The van der Waals surface area contributed by atoms with Crippen LogP contribution in [0.2, 0.25) is 0 Å². The number of benzene rings is 1. The molecule has 3 aliphatic carbocycles. The summed E-state index contributed by atoms with van der Waals surface area (Å²) in [4.78, 5) is 28.0. The molecule has 0 saturated heterocycles. The van der Waals surface area contributed by atoms with Crippen LogP contribution in [0.15, 0.2) is 36.4 Å². The predicted octanol–water partition coefficient (Wildman–Crippen LogP) is 5.68. The molecule has 31 heavy (non-hydrogen) atoms.